The van der Waals surface area contributed by atoms with E-state index < -0.39 is 0 Å². The minimum absolute atomic E-state index is 0.667. The summed E-state index contributed by atoms with van der Waals surface area (Å²) in [6.45, 7) is 9.49. The summed E-state index contributed by atoms with van der Waals surface area (Å²) in [5.74, 6) is 0. The molecule has 0 aliphatic carbocycles. The van der Waals surface area contributed by atoms with Gasteiger partial charge >= 0.3 is 0 Å². The summed E-state index contributed by atoms with van der Waals surface area (Å²) in [7, 11) is 0. The zero-order chi connectivity index (χ0) is 12.0. The molecule has 0 saturated heterocycles. The van der Waals surface area contributed by atoms with Gasteiger partial charge in [-0.15, -0.1) is 0 Å². The molecule has 0 amide bonds. The molecule has 0 N–H and O–H groups in total. The van der Waals surface area contributed by atoms with Crippen LogP contribution in [-0.2, 0) is 11.3 Å². The van der Waals surface area contributed by atoms with E-state index in [1.807, 2.05) is 33.2 Å². The molecule has 0 spiro atoms. The second-order valence-electron chi connectivity index (χ2n) is 3.30. The van der Waals surface area contributed by atoms with Gasteiger partial charge in [0, 0.05) is 24.7 Å². The van der Waals surface area contributed by atoms with Gasteiger partial charge in [-0.2, -0.15) is 0 Å². The number of aromatic nitrogens is 2. The lowest BCUT2D eigenvalue weighted by Gasteiger charge is -2.05. The van der Waals surface area contributed by atoms with E-state index >= 15 is 0 Å². The molecule has 0 atom stereocenters. The lowest BCUT2D eigenvalue weighted by atomic mass is 10.2. The molecular formula is C13H20N2O. The van der Waals surface area contributed by atoms with E-state index in [0.29, 0.717) is 6.61 Å². The van der Waals surface area contributed by atoms with E-state index in [1.54, 1.807) is 0 Å². The second kappa shape index (κ2) is 6.28. The molecule has 2 rings (SSSR count). The Bertz CT molecular complexity index is 434. The van der Waals surface area contributed by atoms with Crippen LogP contribution in [0.1, 0.15) is 32.0 Å². The van der Waals surface area contributed by atoms with Crippen LogP contribution in [-0.4, -0.2) is 16.0 Å². The van der Waals surface area contributed by atoms with Crippen molar-refractivity contribution in [3.8, 4) is 0 Å². The zero-order valence-electron chi connectivity index (χ0n) is 10.5. The van der Waals surface area contributed by atoms with Crippen molar-refractivity contribution >= 4 is 5.65 Å². The predicted molar refractivity (Wildman–Crippen MR) is 66.6 cm³/mol. The Morgan fingerprint density at radius 1 is 1.31 bits per heavy atom. The molecule has 3 nitrogen and oxygen atoms in total. The van der Waals surface area contributed by atoms with Crippen LogP contribution in [0.4, 0.5) is 0 Å². The second-order valence-corrected chi connectivity index (χ2v) is 3.30. The van der Waals surface area contributed by atoms with E-state index in [1.165, 1.54) is 11.3 Å². The average molecular weight is 220 g/mol. The Balaban J connectivity index is 0.000000606. The summed E-state index contributed by atoms with van der Waals surface area (Å²) in [5, 5.41) is 0. The van der Waals surface area contributed by atoms with Crippen molar-refractivity contribution in [3.63, 3.8) is 0 Å². The van der Waals surface area contributed by atoms with Crippen molar-refractivity contribution in [2.75, 3.05) is 6.61 Å². The van der Waals surface area contributed by atoms with Gasteiger partial charge in [0.1, 0.15) is 5.65 Å². The fraction of sp³-hybridized carbons (Fsp3) is 0.462. The third-order valence-electron chi connectivity index (χ3n) is 2.23. The molecule has 3 heteroatoms. The predicted octanol–water partition coefficient (Wildman–Crippen LogP) is 3.21. The highest BCUT2D eigenvalue weighted by Crippen LogP contribution is 2.10. The van der Waals surface area contributed by atoms with Crippen molar-refractivity contribution in [3.05, 3.63) is 35.8 Å². The maximum absolute atomic E-state index is 5.36. The largest absolute Gasteiger partial charge is 0.377 e. The summed E-state index contributed by atoms with van der Waals surface area (Å²) in [5.41, 5.74) is 3.36. The molecule has 16 heavy (non-hydrogen) atoms. The molecule has 0 aromatic carbocycles. The smallest absolute Gasteiger partial charge is 0.137 e. The van der Waals surface area contributed by atoms with Gasteiger partial charge in [-0.1, -0.05) is 13.8 Å². The number of rotatable bonds is 3. The van der Waals surface area contributed by atoms with E-state index in [0.717, 1.165) is 12.3 Å². The summed E-state index contributed by atoms with van der Waals surface area (Å²) in [4.78, 5) is 4.26. The van der Waals surface area contributed by atoms with Crippen LogP contribution in [0.25, 0.3) is 5.65 Å². The van der Waals surface area contributed by atoms with Crippen LogP contribution in [0.15, 0.2) is 24.5 Å². The number of hydrogen-bond acceptors (Lipinski definition) is 2. The zero-order valence-corrected chi connectivity index (χ0v) is 10.5. The van der Waals surface area contributed by atoms with Crippen LogP contribution < -0.4 is 0 Å². The summed E-state index contributed by atoms with van der Waals surface area (Å²) in [6.07, 6.45) is 3.78. The van der Waals surface area contributed by atoms with Gasteiger partial charge in [-0.3, -0.25) is 0 Å². The standard InChI is InChI=1S/C11H14N2O.C2H6/c1-3-14-8-10-6-9(2)13-5-4-12-11(13)7-10;1-2/h4-7H,3,8H2,1-2H3;1-2H3. The Labute approximate surface area is 97.1 Å². The van der Waals surface area contributed by atoms with Crippen molar-refractivity contribution in [1.82, 2.24) is 9.38 Å². The molecule has 0 bridgehead atoms. The number of nitrogens with zero attached hydrogens (tertiary/aromatic N) is 2. The lowest BCUT2D eigenvalue weighted by molar-refractivity contribution is 0.134. The topological polar surface area (TPSA) is 26.5 Å². The first-order valence-electron chi connectivity index (χ1n) is 5.81. The third-order valence-corrected chi connectivity index (χ3v) is 2.23. The normalized spacial score (nSPS) is 10.0. The first-order chi connectivity index (χ1) is 7.81. The average Bonchev–Trinajstić information content (AvgIpc) is 2.78. The Morgan fingerprint density at radius 2 is 2.06 bits per heavy atom. The maximum Gasteiger partial charge on any atom is 0.137 e. The van der Waals surface area contributed by atoms with E-state index in [2.05, 4.69) is 28.4 Å². The quantitative estimate of drug-likeness (QED) is 0.794. The minimum Gasteiger partial charge on any atom is -0.377 e. The highest BCUT2D eigenvalue weighted by Gasteiger charge is 2.00. The first kappa shape index (κ1) is 12.7. The van der Waals surface area contributed by atoms with Crippen molar-refractivity contribution in [2.45, 2.75) is 34.3 Å². The number of fused-ring (bicyclic) bond motifs is 1. The van der Waals surface area contributed by atoms with Gasteiger partial charge in [0.15, 0.2) is 0 Å². The summed E-state index contributed by atoms with van der Waals surface area (Å²) < 4.78 is 7.43. The van der Waals surface area contributed by atoms with E-state index in [-0.39, 0.29) is 0 Å². The molecule has 0 unspecified atom stereocenters. The monoisotopic (exact) mass is 220 g/mol. The number of aryl methyl sites for hydroxylation is 1. The molecule has 0 radical (unpaired) electrons. The van der Waals surface area contributed by atoms with Gasteiger partial charge in [0.2, 0.25) is 0 Å². The molecule has 2 aromatic heterocycles. The molecule has 0 aliphatic heterocycles. The van der Waals surface area contributed by atoms with Crippen LogP contribution in [0, 0.1) is 6.92 Å². The van der Waals surface area contributed by atoms with E-state index in [9.17, 15) is 0 Å². The highest BCUT2D eigenvalue weighted by molar-refractivity contribution is 5.43. The molecule has 2 aromatic rings. The fourth-order valence-corrected chi connectivity index (χ4v) is 1.57. The Morgan fingerprint density at radius 3 is 2.75 bits per heavy atom. The first-order valence-corrected chi connectivity index (χ1v) is 5.81. The van der Waals surface area contributed by atoms with Crippen LogP contribution in [0.3, 0.4) is 0 Å². The Kier molecular flexibility index (Phi) is 4.99. The molecule has 0 aliphatic rings. The molecule has 0 fully saturated rings. The van der Waals surface area contributed by atoms with Crippen molar-refractivity contribution in [2.24, 2.45) is 0 Å². The van der Waals surface area contributed by atoms with Gasteiger partial charge in [-0.05, 0) is 31.5 Å². The number of pyridine rings is 1. The Hall–Kier alpha value is -1.35. The minimum atomic E-state index is 0.667. The number of hydrogen-bond donors (Lipinski definition) is 0. The molecule has 88 valence electrons. The number of ether oxygens (including phenoxy) is 1. The summed E-state index contributed by atoms with van der Waals surface area (Å²) >= 11 is 0. The van der Waals surface area contributed by atoms with Crippen molar-refractivity contribution < 1.29 is 4.74 Å². The van der Waals surface area contributed by atoms with Crippen LogP contribution in [0.5, 0.6) is 0 Å². The van der Waals surface area contributed by atoms with Gasteiger partial charge in [0.25, 0.3) is 0 Å². The number of imidazole rings is 1. The fourth-order valence-electron chi connectivity index (χ4n) is 1.57. The van der Waals surface area contributed by atoms with Crippen molar-refractivity contribution in [1.29, 1.82) is 0 Å². The molecular weight excluding hydrogens is 200 g/mol. The third kappa shape index (κ3) is 2.83. The van der Waals surface area contributed by atoms with Gasteiger partial charge in [-0.25, -0.2) is 4.98 Å². The van der Waals surface area contributed by atoms with Gasteiger partial charge < -0.3 is 9.14 Å². The SMILES string of the molecule is CC.CCOCc1cc(C)n2ccnc2c1. The van der Waals surface area contributed by atoms with Gasteiger partial charge in [0.05, 0.1) is 6.61 Å². The molecule has 0 saturated carbocycles. The lowest BCUT2D eigenvalue weighted by Crippen LogP contribution is -1.96. The highest BCUT2D eigenvalue weighted by atomic mass is 16.5. The van der Waals surface area contributed by atoms with Crippen LogP contribution >= 0.6 is 0 Å². The maximum atomic E-state index is 5.36. The summed E-state index contributed by atoms with van der Waals surface area (Å²) in [6, 6.07) is 4.19. The van der Waals surface area contributed by atoms with E-state index in [4.69, 9.17) is 4.74 Å². The van der Waals surface area contributed by atoms with Crippen LogP contribution in [0.2, 0.25) is 0 Å². The molecule has 2 heterocycles.